The van der Waals surface area contributed by atoms with Crippen molar-refractivity contribution < 1.29 is 14.9 Å². The summed E-state index contributed by atoms with van der Waals surface area (Å²) in [6.07, 6.45) is 2.27. The van der Waals surface area contributed by atoms with E-state index in [-0.39, 0.29) is 17.9 Å². The van der Waals surface area contributed by atoms with E-state index in [1.165, 1.54) is 5.56 Å². The van der Waals surface area contributed by atoms with Gasteiger partial charge in [-0.1, -0.05) is 43.7 Å². The second kappa shape index (κ2) is 9.60. The number of hydrogen-bond acceptors (Lipinski definition) is 4. The van der Waals surface area contributed by atoms with Gasteiger partial charge in [0.1, 0.15) is 24.2 Å². The molecule has 0 saturated carbocycles. The van der Waals surface area contributed by atoms with Crippen LogP contribution in [-0.4, -0.2) is 35.0 Å². The van der Waals surface area contributed by atoms with Gasteiger partial charge in [0.2, 0.25) is 0 Å². The van der Waals surface area contributed by atoms with Gasteiger partial charge in [0.05, 0.1) is 0 Å². The molecule has 1 unspecified atom stereocenters. The molecule has 3 N–H and O–H groups in total. The van der Waals surface area contributed by atoms with Gasteiger partial charge in [-0.2, -0.15) is 0 Å². The van der Waals surface area contributed by atoms with E-state index in [4.69, 9.17) is 4.74 Å². The highest BCUT2D eigenvalue weighted by atomic mass is 16.5. The minimum Gasteiger partial charge on any atom is -0.508 e. The summed E-state index contributed by atoms with van der Waals surface area (Å²) in [5.41, 5.74) is 2.15. The third-order valence-corrected chi connectivity index (χ3v) is 4.32. The lowest BCUT2D eigenvalue weighted by molar-refractivity contribution is 0.0983. The monoisotopic (exact) mass is 357 g/mol. The minimum absolute atomic E-state index is 0.169. The topological polar surface area (TPSA) is 61.7 Å². The SMILES string of the molecule is CCCc1ccccc1OCC(O)CNC(C)(C)Cc1ccc(O)cc1. The lowest BCUT2D eigenvalue weighted by Crippen LogP contribution is -2.46. The molecule has 142 valence electrons. The number of para-hydroxylation sites is 1. The fourth-order valence-electron chi connectivity index (χ4n) is 2.95. The summed E-state index contributed by atoms with van der Waals surface area (Å²) in [6, 6.07) is 15.2. The fraction of sp³-hybridized carbons (Fsp3) is 0.455. The Kier molecular flexibility index (Phi) is 7.49. The second-order valence-electron chi connectivity index (χ2n) is 7.43. The molecular formula is C22H31NO3. The minimum atomic E-state index is -0.580. The number of phenols is 1. The molecule has 26 heavy (non-hydrogen) atoms. The summed E-state index contributed by atoms with van der Waals surface area (Å²) in [6.45, 7) is 7.07. The van der Waals surface area contributed by atoms with E-state index in [1.54, 1.807) is 12.1 Å². The van der Waals surface area contributed by atoms with Crippen molar-refractivity contribution in [3.8, 4) is 11.5 Å². The number of aromatic hydroxyl groups is 1. The van der Waals surface area contributed by atoms with Crippen molar-refractivity contribution in [2.24, 2.45) is 0 Å². The maximum atomic E-state index is 10.3. The van der Waals surface area contributed by atoms with Crippen molar-refractivity contribution in [1.82, 2.24) is 5.32 Å². The molecule has 0 amide bonds. The first kappa shape index (κ1) is 20.3. The Bertz CT molecular complexity index is 667. The smallest absolute Gasteiger partial charge is 0.122 e. The molecule has 0 bridgehead atoms. The van der Waals surface area contributed by atoms with Crippen molar-refractivity contribution in [3.63, 3.8) is 0 Å². The summed E-state index contributed by atoms with van der Waals surface area (Å²) in [5, 5.41) is 23.1. The third kappa shape index (κ3) is 6.70. The molecule has 2 aromatic rings. The van der Waals surface area contributed by atoms with Crippen molar-refractivity contribution in [2.45, 2.75) is 51.7 Å². The first-order valence-electron chi connectivity index (χ1n) is 9.31. The summed E-state index contributed by atoms with van der Waals surface area (Å²) in [5.74, 6) is 1.13. The third-order valence-electron chi connectivity index (χ3n) is 4.32. The lowest BCUT2D eigenvalue weighted by Gasteiger charge is -2.28. The number of phenolic OH excluding ortho intramolecular Hbond substituents is 1. The fourth-order valence-corrected chi connectivity index (χ4v) is 2.95. The molecular weight excluding hydrogens is 326 g/mol. The Balaban J connectivity index is 1.80. The molecule has 4 nitrogen and oxygen atoms in total. The highest BCUT2D eigenvalue weighted by Gasteiger charge is 2.19. The molecule has 0 fully saturated rings. The molecule has 0 aliphatic carbocycles. The van der Waals surface area contributed by atoms with Crippen LogP contribution in [0.25, 0.3) is 0 Å². The number of benzene rings is 2. The van der Waals surface area contributed by atoms with Gasteiger partial charge in [-0.05, 0) is 56.0 Å². The molecule has 4 heteroatoms. The number of β-amino-alcohol motifs (C(OH)–C–C–N with tert-alkyl or cyclic N) is 1. The van der Waals surface area contributed by atoms with Crippen molar-refractivity contribution in [1.29, 1.82) is 0 Å². The van der Waals surface area contributed by atoms with Gasteiger partial charge >= 0.3 is 0 Å². The number of ether oxygens (including phenoxy) is 1. The summed E-state index contributed by atoms with van der Waals surface area (Å²) in [7, 11) is 0. The number of rotatable bonds is 10. The molecule has 0 aliphatic rings. The van der Waals surface area contributed by atoms with Gasteiger partial charge in [0.15, 0.2) is 0 Å². The van der Waals surface area contributed by atoms with Gasteiger partial charge in [0, 0.05) is 12.1 Å². The quantitative estimate of drug-likeness (QED) is 0.607. The molecule has 0 heterocycles. The van der Waals surface area contributed by atoms with Gasteiger partial charge in [-0.3, -0.25) is 0 Å². The van der Waals surface area contributed by atoms with Crippen LogP contribution >= 0.6 is 0 Å². The molecule has 2 rings (SSSR count). The zero-order chi connectivity index (χ0) is 19.0. The zero-order valence-electron chi connectivity index (χ0n) is 16.0. The van der Waals surface area contributed by atoms with Crippen LogP contribution in [0.4, 0.5) is 0 Å². The molecule has 2 aromatic carbocycles. The van der Waals surface area contributed by atoms with Crippen LogP contribution in [0.5, 0.6) is 11.5 Å². The molecule has 0 saturated heterocycles. The van der Waals surface area contributed by atoms with Gasteiger partial charge < -0.3 is 20.3 Å². The number of hydrogen-bond donors (Lipinski definition) is 3. The van der Waals surface area contributed by atoms with E-state index in [0.717, 1.165) is 30.6 Å². The van der Waals surface area contributed by atoms with E-state index in [9.17, 15) is 10.2 Å². The standard InChI is InChI=1S/C22H31NO3/c1-4-7-18-8-5-6-9-21(18)26-16-20(25)15-23-22(2,3)14-17-10-12-19(24)13-11-17/h5-6,8-13,20,23-25H,4,7,14-16H2,1-3H3. The Morgan fingerprint density at radius 3 is 2.46 bits per heavy atom. The second-order valence-corrected chi connectivity index (χ2v) is 7.43. The highest BCUT2D eigenvalue weighted by Crippen LogP contribution is 2.20. The Morgan fingerprint density at radius 2 is 1.77 bits per heavy atom. The van der Waals surface area contributed by atoms with Crippen molar-refractivity contribution in [2.75, 3.05) is 13.2 Å². The number of aryl methyl sites for hydroxylation is 1. The Labute approximate surface area is 156 Å². The molecule has 0 aliphatic heterocycles. The maximum absolute atomic E-state index is 10.3. The van der Waals surface area contributed by atoms with Crippen molar-refractivity contribution >= 4 is 0 Å². The number of aliphatic hydroxyl groups is 1. The number of nitrogens with one attached hydrogen (secondary N) is 1. The molecule has 0 radical (unpaired) electrons. The van der Waals surface area contributed by atoms with Crippen molar-refractivity contribution in [3.05, 3.63) is 59.7 Å². The molecule has 0 spiro atoms. The van der Waals surface area contributed by atoms with E-state index >= 15 is 0 Å². The maximum Gasteiger partial charge on any atom is 0.122 e. The van der Waals surface area contributed by atoms with E-state index in [0.29, 0.717) is 6.54 Å². The first-order valence-corrected chi connectivity index (χ1v) is 9.31. The van der Waals surface area contributed by atoms with Crippen LogP contribution in [0, 0.1) is 0 Å². The van der Waals surface area contributed by atoms with E-state index in [1.807, 2.05) is 30.3 Å². The average molecular weight is 357 g/mol. The first-order chi connectivity index (χ1) is 12.4. The number of aliphatic hydroxyl groups excluding tert-OH is 1. The van der Waals surface area contributed by atoms with Gasteiger partial charge in [0.25, 0.3) is 0 Å². The van der Waals surface area contributed by atoms with Gasteiger partial charge in [-0.25, -0.2) is 0 Å². The Hall–Kier alpha value is -2.04. The zero-order valence-corrected chi connectivity index (χ0v) is 16.0. The van der Waals surface area contributed by atoms with Crippen LogP contribution in [0.15, 0.2) is 48.5 Å². The van der Waals surface area contributed by atoms with Crippen LogP contribution in [-0.2, 0) is 12.8 Å². The van der Waals surface area contributed by atoms with E-state index in [2.05, 4.69) is 32.2 Å². The van der Waals surface area contributed by atoms with Crippen LogP contribution in [0.2, 0.25) is 0 Å². The summed E-state index contributed by atoms with van der Waals surface area (Å²) < 4.78 is 5.83. The summed E-state index contributed by atoms with van der Waals surface area (Å²) in [4.78, 5) is 0. The van der Waals surface area contributed by atoms with E-state index < -0.39 is 6.10 Å². The molecule has 1 atom stereocenters. The lowest BCUT2D eigenvalue weighted by atomic mass is 9.94. The predicted octanol–water partition coefficient (Wildman–Crippen LogP) is 3.70. The van der Waals surface area contributed by atoms with Crippen LogP contribution in [0.1, 0.15) is 38.3 Å². The largest absolute Gasteiger partial charge is 0.508 e. The Morgan fingerprint density at radius 1 is 1.08 bits per heavy atom. The average Bonchev–Trinajstić information content (AvgIpc) is 2.61. The highest BCUT2D eigenvalue weighted by molar-refractivity contribution is 5.33. The normalized spacial score (nSPS) is 12.8. The predicted molar refractivity (Wildman–Crippen MR) is 106 cm³/mol. The molecule has 0 aromatic heterocycles. The summed E-state index contributed by atoms with van der Waals surface area (Å²) >= 11 is 0. The van der Waals surface area contributed by atoms with Crippen LogP contribution in [0.3, 0.4) is 0 Å². The van der Waals surface area contributed by atoms with Gasteiger partial charge in [-0.15, -0.1) is 0 Å². The van der Waals surface area contributed by atoms with Crippen LogP contribution < -0.4 is 10.1 Å².